The topological polar surface area (TPSA) is 60.9 Å². The van der Waals surface area contributed by atoms with Crippen LogP contribution in [0, 0.1) is 11.8 Å². The van der Waals surface area contributed by atoms with E-state index in [0.717, 1.165) is 22.8 Å². The average Bonchev–Trinajstić information content (AvgIpc) is 2.86. The maximum atomic E-state index is 13.2. The fourth-order valence-corrected chi connectivity index (χ4v) is 4.92. The third-order valence-electron chi connectivity index (χ3n) is 7.03. The molecule has 2 aliphatic heterocycles. The molecule has 2 aromatic carbocycles. The normalized spacial score (nSPS) is 17.6. The van der Waals surface area contributed by atoms with Gasteiger partial charge in [-0.15, -0.1) is 0 Å². The first-order valence-corrected chi connectivity index (χ1v) is 12.3. The van der Waals surface area contributed by atoms with Gasteiger partial charge in [0.15, 0.2) is 0 Å². The zero-order chi connectivity index (χ0) is 23.4. The van der Waals surface area contributed by atoms with Crippen LogP contribution in [0.2, 0.25) is 0 Å². The molecule has 2 heterocycles. The Labute approximate surface area is 196 Å². The molecule has 2 aromatic rings. The molecule has 6 nitrogen and oxygen atoms in total. The Morgan fingerprint density at radius 3 is 2.15 bits per heavy atom. The number of fused-ring (bicyclic) bond motifs is 1. The number of hydrogen-bond donors (Lipinski definition) is 0. The van der Waals surface area contributed by atoms with Crippen LogP contribution in [0.25, 0.3) is 10.8 Å². The lowest BCUT2D eigenvalue weighted by atomic mass is 9.94. The highest BCUT2D eigenvalue weighted by atomic mass is 16.2. The first-order chi connectivity index (χ1) is 15.9. The van der Waals surface area contributed by atoms with Gasteiger partial charge in [-0.3, -0.25) is 14.4 Å². The van der Waals surface area contributed by atoms with Crippen molar-refractivity contribution in [2.24, 2.45) is 11.8 Å². The van der Waals surface area contributed by atoms with Gasteiger partial charge < -0.3 is 14.7 Å². The van der Waals surface area contributed by atoms with Crippen LogP contribution >= 0.6 is 0 Å². The molecule has 0 bridgehead atoms. The summed E-state index contributed by atoms with van der Waals surface area (Å²) < 4.78 is 0. The molecular formula is C27H35N3O3. The number of piperidine rings is 1. The summed E-state index contributed by atoms with van der Waals surface area (Å²) >= 11 is 0. The second-order valence-electron chi connectivity index (χ2n) is 9.73. The molecule has 0 radical (unpaired) electrons. The van der Waals surface area contributed by atoms with Crippen molar-refractivity contribution in [2.75, 3.05) is 39.3 Å². The number of rotatable bonds is 5. The summed E-state index contributed by atoms with van der Waals surface area (Å²) in [5.74, 6) is 0.920. The van der Waals surface area contributed by atoms with Crippen LogP contribution in [-0.4, -0.2) is 71.7 Å². The van der Waals surface area contributed by atoms with Crippen molar-refractivity contribution in [3.8, 4) is 0 Å². The molecule has 2 saturated heterocycles. The highest BCUT2D eigenvalue weighted by molar-refractivity contribution is 6.07. The van der Waals surface area contributed by atoms with Crippen molar-refractivity contribution in [1.82, 2.24) is 14.7 Å². The van der Waals surface area contributed by atoms with Gasteiger partial charge in [0.25, 0.3) is 5.91 Å². The molecule has 2 fully saturated rings. The van der Waals surface area contributed by atoms with Crippen molar-refractivity contribution in [2.45, 2.75) is 39.5 Å². The molecule has 176 valence electrons. The molecular weight excluding hydrogens is 414 g/mol. The van der Waals surface area contributed by atoms with E-state index in [1.807, 2.05) is 57.2 Å². The van der Waals surface area contributed by atoms with Crippen LogP contribution in [0.15, 0.2) is 42.5 Å². The van der Waals surface area contributed by atoms with Crippen molar-refractivity contribution in [3.63, 3.8) is 0 Å². The summed E-state index contributed by atoms with van der Waals surface area (Å²) in [5, 5.41) is 2.04. The van der Waals surface area contributed by atoms with E-state index in [2.05, 4.69) is 13.8 Å². The summed E-state index contributed by atoms with van der Waals surface area (Å²) in [6, 6.07) is 13.8. The first-order valence-electron chi connectivity index (χ1n) is 12.3. The van der Waals surface area contributed by atoms with Gasteiger partial charge in [-0.1, -0.05) is 50.2 Å². The highest BCUT2D eigenvalue weighted by Crippen LogP contribution is 2.25. The maximum absolute atomic E-state index is 13.2. The summed E-state index contributed by atoms with van der Waals surface area (Å²) in [7, 11) is 0. The molecule has 0 spiro atoms. The number of amides is 3. The van der Waals surface area contributed by atoms with Crippen molar-refractivity contribution in [1.29, 1.82) is 0 Å². The summed E-state index contributed by atoms with van der Waals surface area (Å²) in [5.41, 5.74) is 0.733. The minimum Gasteiger partial charge on any atom is -0.339 e. The second kappa shape index (κ2) is 10.4. The molecule has 0 N–H and O–H groups in total. The van der Waals surface area contributed by atoms with Crippen molar-refractivity contribution >= 4 is 28.5 Å². The molecule has 0 atom stereocenters. The molecule has 3 amide bonds. The van der Waals surface area contributed by atoms with Gasteiger partial charge in [-0.25, -0.2) is 0 Å². The molecule has 6 heteroatoms. The lowest BCUT2D eigenvalue weighted by molar-refractivity contribution is -0.143. The minimum absolute atomic E-state index is 0.0373. The van der Waals surface area contributed by atoms with Gasteiger partial charge in [0.2, 0.25) is 11.8 Å². The Morgan fingerprint density at radius 2 is 1.45 bits per heavy atom. The zero-order valence-corrected chi connectivity index (χ0v) is 19.8. The van der Waals surface area contributed by atoms with Gasteiger partial charge in [0, 0.05) is 57.2 Å². The molecule has 0 aromatic heterocycles. The summed E-state index contributed by atoms with van der Waals surface area (Å²) in [4.78, 5) is 44.3. The molecule has 0 aliphatic carbocycles. The summed E-state index contributed by atoms with van der Waals surface area (Å²) in [6.07, 6.45) is 2.90. The van der Waals surface area contributed by atoms with E-state index in [4.69, 9.17) is 0 Å². The van der Waals surface area contributed by atoms with E-state index in [-0.39, 0.29) is 23.6 Å². The third kappa shape index (κ3) is 5.37. The fraction of sp³-hybridized carbons (Fsp3) is 0.519. The van der Waals surface area contributed by atoms with Crippen LogP contribution in [-0.2, 0) is 9.59 Å². The minimum atomic E-state index is -0.0373. The Kier molecular flexibility index (Phi) is 7.31. The number of likely N-dealkylation sites (tertiary alicyclic amines) is 1. The molecule has 4 rings (SSSR count). The molecule has 0 saturated carbocycles. The largest absolute Gasteiger partial charge is 0.339 e. The average molecular weight is 450 g/mol. The standard InChI is InChI=1S/C27H35N3O3/c1-20(2)10-11-25(31)28-16-18-30(19-17-28)26(32)22-12-14-29(15-13-22)27(33)24-9-5-7-21-6-3-4-8-23(21)24/h3-9,20,22H,10-19H2,1-2H3. The lowest BCUT2D eigenvalue weighted by Gasteiger charge is -2.38. The maximum Gasteiger partial charge on any atom is 0.254 e. The van der Waals surface area contributed by atoms with E-state index in [1.165, 1.54) is 0 Å². The number of nitrogens with zero attached hydrogens (tertiary/aromatic N) is 3. The number of carbonyl (C=O) groups excluding carboxylic acids is 3. The Morgan fingerprint density at radius 1 is 0.818 bits per heavy atom. The molecule has 2 aliphatic rings. The van der Waals surface area contributed by atoms with Crippen molar-refractivity contribution < 1.29 is 14.4 Å². The van der Waals surface area contributed by atoms with Gasteiger partial charge in [0.1, 0.15) is 0 Å². The number of benzene rings is 2. The van der Waals surface area contributed by atoms with E-state index < -0.39 is 0 Å². The lowest BCUT2D eigenvalue weighted by Crippen LogP contribution is -2.53. The predicted molar refractivity (Wildman–Crippen MR) is 130 cm³/mol. The predicted octanol–water partition coefficient (Wildman–Crippen LogP) is 3.80. The van der Waals surface area contributed by atoms with Crippen LogP contribution in [0.3, 0.4) is 0 Å². The van der Waals surface area contributed by atoms with Crippen LogP contribution in [0.5, 0.6) is 0 Å². The first kappa shape index (κ1) is 23.3. The monoisotopic (exact) mass is 449 g/mol. The molecule has 0 unspecified atom stereocenters. The van der Waals surface area contributed by atoms with Gasteiger partial charge >= 0.3 is 0 Å². The third-order valence-corrected chi connectivity index (χ3v) is 7.03. The molecule has 33 heavy (non-hydrogen) atoms. The number of carbonyl (C=O) groups is 3. The van der Waals surface area contributed by atoms with Gasteiger partial charge in [0.05, 0.1) is 0 Å². The van der Waals surface area contributed by atoms with Gasteiger partial charge in [-0.05, 0) is 42.0 Å². The van der Waals surface area contributed by atoms with Crippen molar-refractivity contribution in [3.05, 3.63) is 48.0 Å². The van der Waals surface area contributed by atoms with Gasteiger partial charge in [-0.2, -0.15) is 0 Å². The van der Waals surface area contributed by atoms with E-state index in [1.54, 1.807) is 0 Å². The number of piperazine rings is 1. The fourth-order valence-electron chi connectivity index (χ4n) is 4.92. The number of hydrogen-bond acceptors (Lipinski definition) is 3. The van der Waals surface area contributed by atoms with E-state index in [0.29, 0.717) is 64.4 Å². The Hall–Kier alpha value is -2.89. The van der Waals surface area contributed by atoms with E-state index >= 15 is 0 Å². The SMILES string of the molecule is CC(C)CCC(=O)N1CCN(C(=O)C2CCN(C(=O)c3cccc4ccccc34)CC2)CC1. The van der Waals surface area contributed by atoms with Crippen LogP contribution < -0.4 is 0 Å². The smallest absolute Gasteiger partial charge is 0.254 e. The zero-order valence-electron chi connectivity index (χ0n) is 19.8. The Bertz CT molecular complexity index is 997. The van der Waals surface area contributed by atoms with Crippen LogP contribution in [0.4, 0.5) is 0 Å². The summed E-state index contributed by atoms with van der Waals surface area (Å²) in [6.45, 7) is 7.94. The highest BCUT2D eigenvalue weighted by Gasteiger charge is 2.32. The second-order valence-corrected chi connectivity index (χ2v) is 9.73. The Balaban J connectivity index is 1.28. The quantitative estimate of drug-likeness (QED) is 0.698. The van der Waals surface area contributed by atoms with Crippen LogP contribution in [0.1, 0.15) is 49.9 Å². The van der Waals surface area contributed by atoms with E-state index in [9.17, 15) is 14.4 Å².